The number of nitrogens with zero attached hydrogens (tertiary/aromatic N) is 1. The Morgan fingerprint density at radius 3 is 2.68 bits per heavy atom. The molecule has 1 aliphatic carbocycles. The monoisotopic (exact) mass is 426 g/mol. The quantitative estimate of drug-likeness (QED) is 0.748. The minimum atomic E-state index is -0.663. The lowest BCUT2D eigenvalue weighted by Crippen LogP contribution is -2.42. The number of carbonyl (C=O) groups excluding carboxylic acids is 2. The summed E-state index contributed by atoms with van der Waals surface area (Å²) in [5.74, 6) is -1.69. The van der Waals surface area contributed by atoms with E-state index in [1.54, 1.807) is 31.2 Å². The number of hydrogen-bond acceptors (Lipinski definition) is 4. The lowest BCUT2D eigenvalue weighted by atomic mass is 9.75. The van der Waals surface area contributed by atoms with Crippen LogP contribution in [0.1, 0.15) is 49.4 Å². The molecule has 1 saturated carbocycles. The van der Waals surface area contributed by atoms with Gasteiger partial charge in [0.15, 0.2) is 0 Å². The summed E-state index contributed by atoms with van der Waals surface area (Å²) in [6.45, 7) is 4.10. The zero-order chi connectivity index (χ0) is 22.1. The number of nitrogens with one attached hydrogen (secondary N) is 1. The molecule has 2 aliphatic rings. The summed E-state index contributed by atoms with van der Waals surface area (Å²) in [6, 6.07) is 9.85. The van der Waals surface area contributed by atoms with E-state index >= 15 is 0 Å². The van der Waals surface area contributed by atoms with Crippen LogP contribution in [-0.4, -0.2) is 23.4 Å². The lowest BCUT2D eigenvalue weighted by molar-refractivity contribution is -0.136. The van der Waals surface area contributed by atoms with Gasteiger partial charge in [0.05, 0.1) is 30.5 Å². The first-order chi connectivity index (χ1) is 14.9. The molecule has 2 aromatic carbocycles. The third-order valence-electron chi connectivity index (χ3n) is 5.95. The molecule has 5 nitrogen and oxygen atoms in total. The highest BCUT2D eigenvalue weighted by Gasteiger charge is 2.39. The molecule has 0 spiro atoms. The van der Waals surface area contributed by atoms with Crippen LogP contribution in [0, 0.1) is 17.6 Å². The smallest absolute Gasteiger partial charge is 0.254 e. The Morgan fingerprint density at radius 2 is 2.03 bits per heavy atom. The standard InChI is InChI=1S/C24H24F2N2O3/c1-3-31-28-13-19-17(8-5-9-20(19)26)22(14(28)2)24(30)27-23(18-10-11-21(18)29)15-6-4-7-16(25)12-15/h4-9,12,18,23H,3,10-11,13H2,1-2H3,(H,27,30)/t18?,23-/m1/s1. The molecule has 7 heteroatoms. The highest BCUT2D eigenvalue weighted by atomic mass is 19.1. The van der Waals surface area contributed by atoms with Gasteiger partial charge < -0.3 is 5.32 Å². The molecule has 1 fully saturated rings. The van der Waals surface area contributed by atoms with Crippen molar-refractivity contribution < 1.29 is 23.2 Å². The Kier molecular flexibility index (Phi) is 5.87. The molecule has 0 aromatic heterocycles. The van der Waals surface area contributed by atoms with Crippen LogP contribution < -0.4 is 5.32 Å². The van der Waals surface area contributed by atoms with Gasteiger partial charge >= 0.3 is 0 Å². The van der Waals surface area contributed by atoms with Crippen molar-refractivity contribution in [1.82, 2.24) is 10.4 Å². The molecule has 31 heavy (non-hydrogen) atoms. The van der Waals surface area contributed by atoms with Gasteiger partial charge in [0.1, 0.15) is 17.4 Å². The maximum absolute atomic E-state index is 14.5. The first kappa shape index (κ1) is 21.2. The summed E-state index contributed by atoms with van der Waals surface area (Å²) < 4.78 is 28.4. The average molecular weight is 426 g/mol. The van der Waals surface area contributed by atoms with Gasteiger partial charge in [0.25, 0.3) is 5.91 Å². The number of carbonyl (C=O) groups is 2. The highest BCUT2D eigenvalue weighted by molar-refractivity contribution is 6.21. The summed E-state index contributed by atoms with van der Waals surface area (Å²) in [6.07, 6.45) is 1.06. The van der Waals surface area contributed by atoms with Crippen molar-refractivity contribution in [2.24, 2.45) is 5.92 Å². The third kappa shape index (κ3) is 3.97. The van der Waals surface area contributed by atoms with E-state index in [1.165, 1.54) is 23.3 Å². The lowest BCUT2D eigenvalue weighted by Gasteiger charge is -2.35. The van der Waals surface area contributed by atoms with Crippen molar-refractivity contribution in [2.75, 3.05) is 6.61 Å². The van der Waals surface area contributed by atoms with Gasteiger partial charge in [-0.25, -0.2) is 8.78 Å². The van der Waals surface area contributed by atoms with Crippen LogP contribution in [0.15, 0.2) is 48.2 Å². The highest BCUT2D eigenvalue weighted by Crippen LogP contribution is 2.38. The van der Waals surface area contributed by atoms with E-state index in [4.69, 9.17) is 4.84 Å². The molecular formula is C24H24F2N2O3. The molecule has 1 N–H and O–H groups in total. The second-order valence-electron chi connectivity index (χ2n) is 7.80. The minimum absolute atomic E-state index is 0.0336. The predicted molar refractivity (Wildman–Crippen MR) is 111 cm³/mol. The second kappa shape index (κ2) is 8.59. The molecule has 0 radical (unpaired) electrons. The van der Waals surface area contributed by atoms with Crippen molar-refractivity contribution in [3.63, 3.8) is 0 Å². The van der Waals surface area contributed by atoms with E-state index in [2.05, 4.69) is 5.32 Å². The second-order valence-corrected chi connectivity index (χ2v) is 7.80. The summed E-state index contributed by atoms with van der Waals surface area (Å²) in [5, 5.41) is 4.43. The molecule has 0 bridgehead atoms. The van der Waals surface area contributed by atoms with Gasteiger partial charge in [-0.1, -0.05) is 24.3 Å². The van der Waals surface area contributed by atoms with E-state index in [-0.39, 0.29) is 17.9 Å². The number of fused-ring (bicyclic) bond motifs is 1. The Morgan fingerprint density at radius 1 is 1.26 bits per heavy atom. The summed E-state index contributed by atoms with van der Waals surface area (Å²) >= 11 is 0. The molecule has 1 heterocycles. The fourth-order valence-electron chi connectivity index (χ4n) is 4.23. The van der Waals surface area contributed by atoms with E-state index in [1.807, 2.05) is 6.92 Å². The average Bonchev–Trinajstić information content (AvgIpc) is 2.73. The van der Waals surface area contributed by atoms with Crippen molar-refractivity contribution in [2.45, 2.75) is 39.3 Å². The normalized spacial score (nSPS) is 19.0. The first-order valence-electron chi connectivity index (χ1n) is 10.4. The molecule has 0 saturated heterocycles. The first-order valence-corrected chi connectivity index (χ1v) is 10.4. The number of hydroxylamine groups is 2. The van der Waals surface area contributed by atoms with Crippen molar-refractivity contribution in [3.8, 4) is 0 Å². The van der Waals surface area contributed by atoms with Crippen LogP contribution >= 0.6 is 0 Å². The zero-order valence-corrected chi connectivity index (χ0v) is 17.5. The van der Waals surface area contributed by atoms with Gasteiger partial charge in [0.2, 0.25) is 0 Å². The van der Waals surface area contributed by atoms with E-state index in [0.29, 0.717) is 41.8 Å². The predicted octanol–water partition coefficient (Wildman–Crippen LogP) is 4.30. The van der Waals surface area contributed by atoms with Crippen LogP contribution in [0.25, 0.3) is 5.57 Å². The minimum Gasteiger partial charge on any atom is -0.344 e. The molecule has 1 aliphatic heterocycles. The van der Waals surface area contributed by atoms with Crippen molar-refractivity contribution >= 4 is 17.3 Å². The van der Waals surface area contributed by atoms with Gasteiger partial charge in [0, 0.05) is 17.9 Å². The van der Waals surface area contributed by atoms with E-state index in [9.17, 15) is 18.4 Å². The van der Waals surface area contributed by atoms with Gasteiger partial charge in [-0.2, -0.15) is 0 Å². The van der Waals surface area contributed by atoms with Gasteiger partial charge in [-0.3, -0.25) is 19.5 Å². The number of amides is 1. The molecule has 162 valence electrons. The van der Waals surface area contributed by atoms with E-state index in [0.717, 1.165) is 0 Å². The fraction of sp³-hybridized carbons (Fsp3) is 0.333. The van der Waals surface area contributed by atoms with E-state index < -0.39 is 29.5 Å². The maximum Gasteiger partial charge on any atom is 0.254 e. The number of hydrogen-bond donors (Lipinski definition) is 1. The molecular weight excluding hydrogens is 402 g/mol. The molecule has 1 amide bonds. The number of halogens is 2. The van der Waals surface area contributed by atoms with Crippen LogP contribution in [-0.2, 0) is 21.0 Å². The maximum atomic E-state index is 14.5. The largest absolute Gasteiger partial charge is 0.344 e. The summed E-state index contributed by atoms with van der Waals surface area (Å²) in [5.41, 5.74) is 2.22. The third-order valence-corrected chi connectivity index (χ3v) is 5.95. The Bertz CT molecular complexity index is 1070. The molecule has 1 unspecified atom stereocenters. The van der Waals surface area contributed by atoms with Crippen molar-refractivity contribution in [3.05, 3.63) is 76.5 Å². The Hall–Kier alpha value is -3.06. The van der Waals surface area contributed by atoms with Gasteiger partial charge in [-0.15, -0.1) is 0 Å². The summed E-state index contributed by atoms with van der Waals surface area (Å²) in [7, 11) is 0. The topological polar surface area (TPSA) is 58.6 Å². The van der Waals surface area contributed by atoms with Crippen LogP contribution in [0.5, 0.6) is 0 Å². The number of rotatable bonds is 6. The number of ketones is 1. The van der Waals surface area contributed by atoms with Crippen molar-refractivity contribution in [1.29, 1.82) is 0 Å². The zero-order valence-electron chi connectivity index (χ0n) is 17.5. The number of allylic oxidation sites excluding steroid dienone is 1. The van der Waals surface area contributed by atoms with Crippen LogP contribution in [0.2, 0.25) is 0 Å². The fourth-order valence-corrected chi connectivity index (χ4v) is 4.23. The van der Waals surface area contributed by atoms with Gasteiger partial charge in [-0.05, 0) is 49.6 Å². The Labute approximate surface area is 179 Å². The summed E-state index contributed by atoms with van der Waals surface area (Å²) in [4.78, 5) is 31.3. The van der Waals surface area contributed by atoms with Crippen LogP contribution in [0.3, 0.4) is 0 Å². The SMILES string of the molecule is CCON1Cc2c(F)cccc2C(C(=O)N[C@H](c2cccc(F)c2)C2CCC2=O)=C1C. The molecule has 2 aromatic rings. The molecule has 2 atom stereocenters. The molecule has 4 rings (SSSR count). The number of Topliss-reactive ketones (excluding diaryl/α,β-unsaturated/α-hetero) is 1. The Balaban J connectivity index is 1.73. The van der Waals surface area contributed by atoms with Crippen LogP contribution in [0.4, 0.5) is 8.78 Å². The number of benzene rings is 2.